The molecule has 0 radical (unpaired) electrons. The minimum Gasteiger partial charge on any atom is -0.467 e. The molecule has 3 atom stereocenters. The van der Waals surface area contributed by atoms with Crippen LogP contribution in [0.1, 0.15) is 44.2 Å². The van der Waals surface area contributed by atoms with E-state index in [1.54, 1.807) is 0 Å². The summed E-state index contributed by atoms with van der Waals surface area (Å²) in [6, 6.07) is 15.7. The van der Waals surface area contributed by atoms with Crippen molar-refractivity contribution >= 4 is 29.7 Å². The molecular weight excluding hydrogens is 524 g/mol. The zero-order valence-corrected chi connectivity index (χ0v) is 24.0. The average molecular weight is 567 g/mol. The molecule has 0 heterocycles. The molecule has 11 heteroatoms. The molecule has 0 saturated heterocycles. The largest absolute Gasteiger partial charge is 0.467 e. The Morgan fingerprint density at radius 2 is 1.29 bits per heavy atom. The first-order valence-corrected chi connectivity index (χ1v) is 13.7. The molecule has 222 valence electrons. The third kappa shape index (κ3) is 12.5. The molecule has 0 aliphatic rings. The number of carbonyl (C=O) groups is 4. The van der Waals surface area contributed by atoms with Gasteiger partial charge in [-0.05, 0) is 29.9 Å². The summed E-state index contributed by atoms with van der Waals surface area (Å²) in [5.41, 5.74) is 12.3. The van der Waals surface area contributed by atoms with Crippen LogP contribution in [0.3, 0.4) is 0 Å². The number of esters is 1. The van der Waals surface area contributed by atoms with Crippen molar-refractivity contribution in [2.75, 3.05) is 13.7 Å². The van der Waals surface area contributed by atoms with Crippen molar-refractivity contribution in [2.24, 2.45) is 22.4 Å². The lowest BCUT2D eigenvalue weighted by molar-refractivity contribution is -0.145. The number of nitrogens with two attached hydrogens (primary N) is 2. The number of nitrogens with one attached hydrogen (secondary N) is 3. The van der Waals surface area contributed by atoms with Crippen molar-refractivity contribution in [3.8, 4) is 0 Å². The van der Waals surface area contributed by atoms with Crippen LogP contribution in [0, 0.1) is 5.92 Å². The minimum absolute atomic E-state index is 0.0504. The number of nitrogens with zero attached hydrogens (tertiary/aromatic N) is 1. The summed E-state index contributed by atoms with van der Waals surface area (Å²) in [6.45, 7) is 4.13. The minimum atomic E-state index is -0.942. The summed E-state index contributed by atoms with van der Waals surface area (Å²) < 4.78 is 4.92. The van der Waals surface area contributed by atoms with E-state index >= 15 is 0 Å². The van der Waals surface area contributed by atoms with Gasteiger partial charge in [0.25, 0.3) is 0 Å². The first-order chi connectivity index (χ1) is 19.6. The molecule has 0 saturated carbocycles. The second-order valence-corrected chi connectivity index (χ2v) is 10.2. The molecule has 0 aromatic heterocycles. The quantitative estimate of drug-likeness (QED) is 0.0877. The number of carbonyl (C=O) groups excluding carboxylic acids is 4. The lowest BCUT2D eigenvalue weighted by atomic mass is 10.00. The standard InChI is InChI=1S/C30H42N6O5/c1-20(2)17-23(27(38)36-25(29(40)41-3)19-22-13-8-5-9-14-22)35-28(39)24(18-21-11-6-4-7-12-21)34-26(37)15-10-16-33-30(31)32/h4-9,11-14,20,23-25H,10,15-19H2,1-3H3,(H,34,37)(H,35,39)(H,36,38)(H4,31,32,33)/t23-,24-,25-/m0/s1. The van der Waals surface area contributed by atoms with E-state index in [4.69, 9.17) is 16.2 Å². The SMILES string of the molecule is COC(=O)[C@H](Cc1ccccc1)NC(=O)[C@H](CC(C)C)NC(=O)[C@H](Cc1ccccc1)NC(=O)CCCN=C(N)N. The van der Waals surface area contributed by atoms with Crippen LogP contribution < -0.4 is 27.4 Å². The first kappa shape index (κ1) is 32.8. The van der Waals surface area contributed by atoms with Gasteiger partial charge in [-0.15, -0.1) is 0 Å². The van der Waals surface area contributed by atoms with Gasteiger partial charge in [-0.25, -0.2) is 4.79 Å². The number of aliphatic imine (C=N–C) groups is 1. The van der Waals surface area contributed by atoms with Gasteiger partial charge in [0.1, 0.15) is 18.1 Å². The fourth-order valence-corrected chi connectivity index (χ4v) is 4.21. The predicted molar refractivity (Wildman–Crippen MR) is 157 cm³/mol. The van der Waals surface area contributed by atoms with Crippen LogP contribution in [0.25, 0.3) is 0 Å². The van der Waals surface area contributed by atoms with Gasteiger partial charge in [0.05, 0.1) is 7.11 Å². The van der Waals surface area contributed by atoms with Gasteiger partial charge >= 0.3 is 5.97 Å². The maximum absolute atomic E-state index is 13.5. The predicted octanol–water partition coefficient (Wildman–Crippen LogP) is 1.20. The highest BCUT2D eigenvalue weighted by Gasteiger charge is 2.30. The molecular formula is C30H42N6O5. The van der Waals surface area contributed by atoms with Crippen molar-refractivity contribution in [1.82, 2.24) is 16.0 Å². The van der Waals surface area contributed by atoms with Gasteiger partial charge in [-0.3, -0.25) is 19.4 Å². The molecule has 0 fully saturated rings. The summed E-state index contributed by atoms with van der Waals surface area (Å²) in [5, 5.41) is 8.35. The zero-order chi connectivity index (χ0) is 30.2. The van der Waals surface area contributed by atoms with E-state index in [9.17, 15) is 19.2 Å². The highest BCUT2D eigenvalue weighted by atomic mass is 16.5. The lowest BCUT2D eigenvalue weighted by Gasteiger charge is -2.26. The van der Waals surface area contributed by atoms with Crippen LogP contribution in [-0.4, -0.2) is 61.4 Å². The van der Waals surface area contributed by atoms with Crippen LogP contribution in [0.15, 0.2) is 65.7 Å². The van der Waals surface area contributed by atoms with Crippen LogP contribution >= 0.6 is 0 Å². The Labute approximate surface area is 241 Å². The number of benzene rings is 2. The Kier molecular flexibility index (Phi) is 13.9. The molecule has 2 rings (SSSR count). The number of guanidine groups is 1. The fourth-order valence-electron chi connectivity index (χ4n) is 4.21. The Balaban J connectivity index is 2.18. The van der Waals surface area contributed by atoms with Gasteiger partial charge in [-0.1, -0.05) is 74.5 Å². The molecule has 3 amide bonds. The molecule has 11 nitrogen and oxygen atoms in total. The van der Waals surface area contributed by atoms with Crippen molar-refractivity contribution in [3.05, 3.63) is 71.8 Å². The second kappa shape index (κ2) is 17.3. The van der Waals surface area contributed by atoms with Crippen molar-refractivity contribution < 1.29 is 23.9 Å². The van der Waals surface area contributed by atoms with Gasteiger partial charge in [-0.2, -0.15) is 0 Å². The summed E-state index contributed by atoms with van der Waals surface area (Å²) in [7, 11) is 1.26. The molecule has 2 aromatic rings. The van der Waals surface area contributed by atoms with Crippen LogP contribution in [0.2, 0.25) is 0 Å². The summed E-state index contributed by atoms with van der Waals surface area (Å²) >= 11 is 0. The first-order valence-electron chi connectivity index (χ1n) is 13.7. The number of rotatable bonds is 16. The molecule has 0 unspecified atom stereocenters. The summed E-state index contributed by atoms with van der Waals surface area (Å²) in [5.74, 6) is -1.96. The Bertz CT molecular complexity index is 1150. The second-order valence-electron chi connectivity index (χ2n) is 10.2. The van der Waals surface area contributed by atoms with Crippen molar-refractivity contribution in [3.63, 3.8) is 0 Å². The van der Waals surface area contributed by atoms with Crippen LogP contribution in [0.4, 0.5) is 0 Å². The highest BCUT2D eigenvalue weighted by molar-refractivity contribution is 5.93. The van der Waals surface area contributed by atoms with E-state index in [1.165, 1.54) is 7.11 Å². The number of methoxy groups -OCH3 is 1. The number of amides is 3. The maximum Gasteiger partial charge on any atom is 0.328 e. The molecule has 7 N–H and O–H groups in total. The summed E-state index contributed by atoms with van der Waals surface area (Å²) in [6.07, 6.45) is 1.29. The molecule has 2 aromatic carbocycles. The fraction of sp³-hybridized carbons (Fsp3) is 0.433. The van der Waals surface area contributed by atoms with Crippen molar-refractivity contribution in [1.29, 1.82) is 0 Å². The van der Waals surface area contributed by atoms with E-state index in [0.717, 1.165) is 11.1 Å². The normalized spacial score (nSPS) is 12.9. The molecule has 0 bridgehead atoms. The van der Waals surface area contributed by atoms with E-state index < -0.39 is 35.9 Å². The molecule has 0 aliphatic heterocycles. The van der Waals surface area contributed by atoms with E-state index in [-0.39, 0.29) is 43.6 Å². The third-order valence-electron chi connectivity index (χ3n) is 6.22. The maximum atomic E-state index is 13.5. The molecule has 41 heavy (non-hydrogen) atoms. The zero-order valence-electron chi connectivity index (χ0n) is 24.0. The topological polar surface area (TPSA) is 178 Å². The average Bonchev–Trinajstić information content (AvgIpc) is 2.94. The summed E-state index contributed by atoms with van der Waals surface area (Å²) in [4.78, 5) is 56.0. The van der Waals surface area contributed by atoms with E-state index in [1.807, 2.05) is 74.5 Å². The van der Waals surface area contributed by atoms with E-state index in [0.29, 0.717) is 12.8 Å². The van der Waals surface area contributed by atoms with Crippen molar-refractivity contribution in [2.45, 2.75) is 64.1 Å². The number of ether oxygens (including phenoxy) is 1. The van der Waals surface area contributed by atoms with Crippen LogP contribution in [0.5, 0.6) is 0 Å². The van der Waals surface area contributed by atoms with Gasteiger partial charge in [0, 0.05) is 25.8 Å². The monoisotopic (exact) mass is 566 g/mol. The Hall–Kier alpha value is -4.41. The number of hydrogen-bond acceptors (Lipinski definition) is 6. The van der Waals surface area contributed by atoms with Crippen LogP contribution in [-0.2, 0) is 36.8 Å². The van der Waals surface area contributed by atoms with Gasteiger partial charge < -0.3 is 32.2 Å². The Morgan fingerprint density at radius 3 is 1.80 bits per heavy atom. The number of hydrogen-bond donors (Lipinski definition) is 5. The van der Waals surface area contributed by atoms with E-state index in [2.05, 4.69) is 20.9 Å². The smallest absolute Gasteiger partial charge is 0.328 e. The molecule has 0 aliphatic carbocycles. The highest BCUT2D eigenvalue weighted by Crippen LogP contribution is 2.10. The molecule has 0 spiro atoms. The third-order valence-corrected chi connectivity index (χ3v) is 6.22. The van der Waals surface area contributed by atoms with Gasteiger partial charge in [0.2, 0.25) is 17.7 Å². The lowest BCUT2D eigenvalue weighted by Crippen LogP contribution is -2.56. The Morgan fingerprint density at radius 1 is 0.780 bits per heavy atom. The van der Waals surface area contributed by atoms with Gasteiger partial charge in [0.15, 0.2) is 5.96 Å².